The van der Waals surface area contributed by atoms with Crippen LogP contribution in [0.25, 0.3) is 0 Å². The summed E-state index contributed by atoms with van der Waals surface area (Å²) in [5.41, 5.74) is 0.361. The van der Waals surface area contributed by atoms with Crippen LogP contribution in [0.15, 0.2) is 29.2 Å². The van der Waals surface area contributed by atoms with Crippen molar-refractivity contribution in [3.63, 3.8) is 0 Å². The lowest BCUT2D eigenvalue weighted by Crippen LogP contribution is -2.36. The summed E-state index contributed by atoms with van der Waals surface area (Å²) < 4.78 is 25.0. The van der Waals surface area contributed by atoms with Crippen molar-refractivity contribution < 1.29 is 18.0 Å². The predicted molar refractivity (Wildman–Crippen MR) is 80.8 cm³/mol. The van der Waals surface area contributed by atoms with Crippen LogP contribution in [0.5, 0.6) is 0 Å². The Morgan fingerprint density at radius 1 is 1.27 bits per heavy atom. The number of amides is 2. The summed E-state index contributed by atoms with van der Waals surface area (Å²) in [6, 6.07) is 5.51. The van der Waals surface area contributed by atoms with E-state index in [-0.39, 0.29) is 29.2 Å². The highest BCUT2D eigenvalue weighted by Crippen LogP contribution is 2.15. The van der Waals surface area contributed by atoms with Crippen LogP contribution in [-0.2, 0) is 14.8 Å². The Bertz CT molecular complexity index is 683. The number of benzene rings is 1. The van der Waals surface area contributed by atoms with Crippen LogP contribution in [0, 0.1) is 0 Å². The smallest absolute Gasteiger partial charge is 0.251 e. The largest absolute Gasteiger partial charge is 0.347 e. The molecule has 2 amide bonds. The van der Waals surface area contributed by atoms with Gasteiger partial charge in [0.1, 0.15) is 0 Å². The molecule has 8 heteroatoms. The molecule has 22 heavy (non-hydrogen) atoms. The van der Waals surface area contributed by atoms with Gasteiger partial charge in [0, 0.05) is 39.7 Å². The Morgan fingerprint density at radius 2 is 1.86 bits per heavy atom. The number of carbonyl (C=O) groups is 2. The molecule has 1 aliphatic heterocycles. The van der Waals surface area contributed by atoms with E-state index in [0.29, 0.717) is 12.1 Å². The fourth-order valence-electron chi connectivity index (χ4n) is 2.22. The second kappa shape index (κ2) is 6.05. The SMILES string of the molecule is CN1CC(NC(=O)c2ccc(S(=O)(=O)N(C)C)cc2)CC1=O. The minimum Gasteiger partial charge on any atom is -0.347 e. The molecule has 1 atom stereocenters. The van der Waals surface area contributed by atoms with E-state index in [9.17, 15) is 18.0 Å². The molecule has 7 nitrogen and oxygen atoms in total. The number of nitrogens with one attached hydrogen (secondary N) is 1. The number of rotatable bonds is 4. The topological polar surface area (TPSA) is 86.8 Å². The lowest BCUT2D eigenvalue weighted by molar-refractivity contribution is -0.126. The third kappa shape index (κ3) is 3.28. The maximum atomic E-state index is 12.1. The first kappa shape index (κ1) is 16.4. The zero-order chi connectivity index (χ0) is 16.5. The molecule has 120 valence electrons. The molecule has 1 aromatic carbocycles. The lowest BCUT2D eigenvalue weighted by Gasteiger charge is -2.13. The fourth-order valence-corrected chi connectivity index (χ4v) is 3.12. The van der Waals surface area contributed by atoms with E-state index < -0.39 is 10.0 Å². The van der Waals surface area contributed by atoms with Gasteiger partial charge in [0.15, 0.2) is 0 Å². The van der Waals surface area contributed by atoms with E-state index in [1.54, 1.807) is 11.9 Å². The van der Waals surface area contributed by atoms with E-state index >= 15 is 0 Å². The molecule has 0 saturated carbocycles. The van der Waals surface area contributed by atoms with Gasteiger partial charge in [0.2, 0.25) is 15.9 Å². The van der Waals surface area contributed by atoms with Gasteiger partial charge in [-0.15, -0.1) is 0 Å². The third-order valence-corrected chi connectivity index (χ3v) is 5.40. The van der Waals surface area contributed by atoms with E-state index in [0.717, 1.165) is 4.31 Å². The number of hydrogen-bond acceptors (Lipinski definition) is 4. The van der Waals surface area contributed by atoms with Crippen LogP contribution in [0.3, 0.4) is 0 Å². The molecule has 0 spiro atoms. The fraction of sp³-hybridized carbons (Fsp3) is 0.429. The molecule has 0 aliphatic carbocycles. The van der Waals surface area contributed by atoms with E-state index in [1.807, 2.05) is 0 Å². The van der Waals surface area contributed by atoms with E-state index in [4.69, 9.17) is 0 Å². The van der Waals surface area contributed by atoms with Crippen LogP contribution in [0.1, 0.15) is 16.8 Å². The normalized spacial score (nSPS) is 18.8. The first-order valence-electron chi connectivity index (χ1n) is 6.79. The maximum Gasteiger partial charge on any atom is 0.251 e. The molecule has 1 aromatic rings. The maximum absolute atomic E-state index is 12.1. The summed E-state index contributed by atoms with van der Waals surface area (Å²) in [6.45, 7) is 0.484. The Morgan fingerprint density at radius 3 is 2.32 bits per heavy atom. The molecular weight excluding hydrogens is 306 g/mol. The van der Waals surface area contributed by atoms with E-state index in [1.165, 1.54) is 38.4 Å². The average molecular weight is 325 g/mol. The van der Waals surface area contributed by atoms with Gasteiger partial charge in [-0.25, -0.2) is 12.7 Å². The monoisotopic (exact) mass is 325 g/mol. The third-order valence-electron chi connectivity index (χ3n) is 3.57. The van der Waals surface area contributed by atoms with Gasteiger partial charge in [-0.05, 0) is 24.3 Å². The number of nitrogens with zero attached hydrogens (tertiary/aromatic N) is 2. The van der Waals surface area contributed by atoms with E-state index in [2.05, 4.69) is 5.32 Å². The minimum absolute atomic E-state index is 0.00211. The first-order chi connectivity index (χ1) is 10.2. The second-order valence-electron chi connectivity index (χ2n) is 5.46. The van der Waals surface area contributed by atoms with Crippen molar-refractivity contribution >= 4 is 21.8 Å². The van der Waals surface area contributed by atoms with Gasteiger partial charge >= 0.3 is 0 Å². The zero-order valence-electron chi connectivity index (χ0n) is 12.7. The van der Waals surface area contributed by atoms with Crippen molar-refractivity contribution in [2.24, 2.45) is 0 Å². The standard InChI is InChI=1S/C14H19N3O4S/c1-16(2)22(20,21)12-6-4-10(5-7-12)14(19)15-11-8-13(18)17(3)9-11/h4-7,11H,8-9H2,1-3H3,(H,15,19). The van der Waals surface area contributed by atoms with Gasteiger partial charge in [-0.3, -0.25) is 9.59 Å². The van der Waals surface area contributed by atoms with Gasteiger partial charge in [-0.1, -0.05) is 0 Å². The highest BCUT2D eigenvalue weighted by molar-refractivity contribution is 7.89. The number of likely N-dealkylation sites (N-methyl/N-ethyl adjacent to an activating group) is 1. The highest BCUT2D eigenvalue weighted by Gasteiger charge is 2.28. The van der Waals surface area contributed by atoms with Crippen molar-refractivity contribution in [2.45, 2.75) is 17.4 Å². The van der Waals surface area contributed by atoms with Crippen molar-refractivity contribution in [3.05, 3.63) is 29.8 Å². The number of likely N-dealkylation sites (tertiary alicyclic amines) is 1. The van der Waals surface area contributed by atoms with Crippen molar-refractivity contribution in [2.75, 3.05) is 27.7 Å². The van der Waals surface area contributed by atoms with Crippen LogP contribution in [0.2, 0.25) is 0 Å². The molecule has 1 fully saturated rings. The molecule has 1 N–H and O–H groups in total. The summed E-state index contributed by atoms with van der Waals surface area (Å²) in [7, 11) is 1.08. The number of hydrogen-bond donors (Lipinski definition) is 1. The molecule has 1 aliphatic rings. The highest BCUT2D eigenvalue weighted by atomic mass is 32.2. The Balaban J connectivity index is 2.08. The quantitative estimate of drug-likeness (QED) is 0.837. The number of sulfonamides is 1. The molecule has 2 rings (SSSR count). The Hall–Kier alpha value is -1.93. The van der Waals surface area contributed by atoms with Crippen LogP contribution in [0.4, 0.5) is 0 Å². The van der Waals surface area contributed by atoms with Crippen LogP contribution in [-0.4, -0.2) is 63.2 Å². The van der Waals surface area contributed by atoms with Crippen LogP contribution < -0.4 is 5.32 Å². The molecule has 0 aromatic heterocycles. The minimum atomic E-state index is -3.51. The summed E-state index contributed by atoms with van der Waals surface area (Å²) in [5.74, 6) is -0.320. The summed E-state index contributed by atoms with van der Waals surface area (Å²) in [5, 5.41) is 2.78. The predicted octanol–water partition coefficient (Wildman–Crippen LogP) is -0.103. The summed E-state index contributed by atoms with van der Waals surface area (Å²) in [6.07, 6.45) is 0.287. The summed E-state index contributed by atoms with van der Waals surface area (Å²) >= 11 is 0. The van der Waals surface area contributed by atoms with Gasteiger partial charge in [-0.2, -0.15) is 0 Å². The zero-order valence-corrected chi connectivity index (χ0v) is 13.6. The average Bonchev–Trinajstić information content (AvgIpc) is 2.77. The van der Waals surface area contributed by atoms with Gasteiger partial charge in [0.05, 0.1) is 10.9 Å². The van der Waals surface area contributed by atoms with Gasteiger partial charge < -0.3 is 10.2 Å². The lowest BCUT2D eigenvalue weighted by atomic mass is 10.2. The Kier molecular flexibility index (Phi) is 4.52. The Labute approximate surface area is 129 Å². The molecule has 1 saturated heterocycles. The second-order valence-corrected chi connectivity index (χ2v) is 7.61. The molecular formula is C14H19N3O4S. The molecule has 1 unspecified atom stereocenters. The first-order valence-corrected chi connectivity index (χ1v) is 8.23. The molecule has 1 heterocycles. The van der Waals surface area contributed by atoms with Crippen molar-refractivity contribution in [3.8, 4) is 0 Å². The van der Waals surface area contributed by atoms with Crippen molar-refractivity contribution in [1.82, 2.24) is 14.5 Å². The number of carbonyl (C=O) groups excluding carboxylic acids is 2. The summed E-state index contributed by atoms with van der Waals surface area (Å²) in [4.78, 5) is 25.2. The van der Waals surface area contributed by atoms with Crippen LogP contribution >= 0.6 is 0 Å². The van der Waals surface area contributed by atoms with Gasteiger partial charge in [0.25, 0.3) is 5.91 Å². The molecule has 0 bridgehead atoms. The van der Waals surface area contributed by atoms with Crippen molar-refractivity contribution in [1.29, 1.82) is 0 Å². The molecule has 0 radical (unpaired) electrons.